The third-order valence-corrected chi connectivity index (χ3v) is 4.33. The Balaban J connectivity index is 3.25. The number of rotatable bonds is 10. The largest absolute Gasteiger partial charge is 0.0952 e. The van der Waals surface area contributed by atoms with Gasteiger partial charge in [-0.3, -0.25) is 0 Å². The first kappa shape index (κ1) is 15.2. The van der Waals surface area contributed by atoms with Gasteiger partial charge in [0.2, 0.25) is 0 Å². The molecule has 0 saturated heterocycles. The fourth-order valence-corrected chi connectivity index (χ4v) is 3.09. The van der Waals surface area contributed by atoms with Gasteiger partial charge in [-0.1, -0.05) is 72.8 Å². The third kappa shape index (κ3) is 10.5. The number of unbranched alkanes of at least 4 members (excludes halogenated alkanes) is 5. The van der Waals surface area contributed by atoms with Crippen LogP contribution < -0.4 is 0 Å². The summed E-state index contributed by atoms with van der Waals surface area (Å²) in [5.41, 5.74) is 0. The molecule has 0 heterocycles. The first-order chi connectivity index (χ1) is 7.35. The van der Waals surface area contributed by atoms with E-state index in [-0.39, 0.29) is 0 Å². The normalized spacial score (nSPS) is 12.9. The molecule has 0 saturated carbocycles. The minimum atomic E-state index is 1.10. The first-order valence-electron chi connectivity index (χ1n) is 6.78. The average Bonchev–Trinajstić information content (AvgIpc) is 2.26. The highest BCUT2D eigenvalue weighted by Crippen LogP contribution is 2.28. The Hall–Kier alpha value is 0.170. The maximum absolute atomic E-state index is 2.43. The van der Waals surface area contributed by atoms with E-state index in [4.69, 9.17) is 0 Å². The second-order valence-corrected chi connectivity index (χ2v) is 5.68. The molecule has 1 heteroatoms. The molecule has 0 rings (SSSR count). The van der Waals surface area contributed by atoms with E-state index < -0.39 is 0 Å². The van der Waals surface area contributed by atoms with Gasteiger partial charge in [0.05, 0.1) is 0 Å². The lowest BCUT2D eigenvalue weighted by Gasteiger charge is -2.04. The van der Waals surface area contributed by atoms with Crippen LogP contribution in [0.5, 0.6) is 0 Å². The Labute approximate surface area is 98.7 Å². The Morgan fingerprint density at radius 1 is 0.933 bits per heavy atom. The maximum atomic E-state index is 2.43. The lowest BCUT2D eigenvalue weighted by molar-refractivity contribution is 0.626. The molecule has 0 aliphatic carbocycles. The second-order valence-electron chi connectivity index (χ2n) is 4.19. The highest BCUT2D eigenvalue weighted by atomic mass is 31.1. The van der Waals surface area contributed by atoms with Crippen LogP contribution in [0, 0.1) is 0 Å². The summed E-state index contributed by atoms with van der Waals surface area (Å²) in [5.74, 6) is 0. The Morgan fingerprint density at radius 3 is 2.20 bits per heavy atom. The van der Waals surface area contributed by atoms with Gasteiger partial charge in [-0.15, -0.1) is 0 Å². The molecule has 1 atom stereocenters. The first-order valence-corrected chi connectivity index (χ1v) is 7.98. The molecule has 90 valence electrons. The summed E-state index contributed by atoms with van der Waals surface area (Å²) < 4.78 is 0. The quantitative estimate of drug-likeness (QED) is 0.331. The van der Waals surface area contributed by atoms with Crippen LogP contribution in [0.3, 0.4) is 0 Å². The molecule has 0 aromatic carbocycles. The van der Waals surface area contributed by atoms with Gasteiger partial charge in [0, 0.05) is 0 Å². The van der Waals surface area contributed by atoms with Crippen LogP contribution in [0.25, 0.3) is 0 Å². The highest BCUT2D eigenvalue weighted by molar-refractivity contribution is 7.43. The van der Waals surface area contributed by atoms with E-state index in [9.17, 15) is 0 Å². The van der Waals surface area contributed by atoms with Crippen LogP contribution in [-0.4, -0.2) is 6.16 Å². The van der Waals surface area contributed by atoms with E-state index in [2.05, 4.69) is 26.8 Å². The molecule has 1 unspecified atom stereocenters. The van der Waals surface area contributed by atoms with Crippen LogP contribution in [0.2, 0.25) is 0 Å². The van der Waals surface area contributed by atoms with E-state index in [0.29, 0.717) is 0 Å². The summed E-state index contributed by atoms with van der Waals surface area (Å²) in [7, 11) is 1.10. The molecule has 0 radical (unpaired) electrons. The number of hydrogen-bond donors (Lipinski definition) is 0. The summed E-state index contributed by atoms with van der Waals surface area (Å²) in [4.78, 5) is 0. The molecule has 0 aromatic heterocycles. The van der Waals surface area contributed by atoms with Gasteiger partial charge in [0.1, 0.15) is 0 Å². The van der Waals surface area contributed by atoms with E-state index >= 15 is 0 Å². The fraction of sp³-hybridized carbons (Fsp3) is 0.857. The van der Waals surface area contributed by atoms with Gasteiger partial charge >= 0.3 is 0 Å². The molecular formula is C14H29P. The van der Waals surface area contributed by atoms with Crippen molar-refractivity contribution in [1.29, 1.82) is 0 Å². The number of hydrogen-bond acceptors (Lipinski definition) is 0. The Morgan fingerprint density at radius 2 is 1.60 bits per heavy atom. The predicted octanol–water partition coefficient (Wildman–Crippen LogP) is 5.73. The highest BCUT2D eigenvalue weighted by Gasteiger charge is 1.94. The molecule has 0 N–H and O–H groups in total. The van der Waals surface area contributed by atoms with Crippen LogP contribution in [0.15, 0.2) is 11.4 Å². The molecule has 0 bridgehead atoms. The fourth-order valence-electron chi connectivity index (χ4n) is 1.74. The van der Waals surface area contributed by atoms with Crippen molar-refractivity contribution in [3.05, 3.63) is 11.4 Å². The zero-order chi connectivity index (χ0) is 11.4. The van der Waals surface area contributed by atoms with Gasteiger partial charge < -0.3 is 0 Å². The smallest absolute Gasteiger partial charge is 0.0309 e. The molecule has 0 amide bonds. The summed E-state index contributed by atoms with van der Waals surface area (Å²) in [5, 5.41) is 1.70. The zero-order valence-corrected chi connectivity index (χ0v) is 11.9. The molecule has 0 fully saturated rings. The van der Waals surface area contributed by atoms with Crippen LogP contribution in [0.1, 0.15) is 72.1 Å². The topological polar surface area (TPSA) is 0 Å². The van der Waals surface area contributed by atoms with Crippen molar-refractivity contribution >= 4 is 8.58 Å². The molecule has 0 spiro atoms. The second kappa shape index (κ2) is 12.2. The van der Waals surface area contributed by atoms with Crippen molar-refractivity contribution in [2.45, 2.75) is 72.1 Å². The summed E-state index contributed by atoms with van der Waals surface area (Å²) in [6, 6.07) is 0. The van der Waals surface area contributed by atoms with Crippen LogP contribution >= 0.6 is 8.58 Å². The Bertz CT molecular complexity index is 149. The van der Waals surface area contributed by atoms with Crippen molar-refractivity contribution in [3.63, 3.8) is 0 Å². The molecule has 0 aliphatic rings. The van der Waals surface area contributed by atoms with E-state index in [1.54, 1.807) is 5.31 Å². The molecule has 0 nitrogen and oxygen atoms in total. The van der Waals surface area contributed by atoms with Crippen molar-refractivity contribution in [2.24, 2.45) is 0 Å². The maximum Gasteiger partial charge on any atom is -0.0309 e. The van der Waals surface area contributed by atoms with Crippen LogP contribution in [0.4, 0.5) is 0 Å². The zero-order valence-electron chi connectivity index (χ0n) is 10.9. The Kier molecular flexibility index (Phi) is 12.4. The van der Waals surface area contributed by atoms with Crippen molar-refractivity contribution < 1.29 is 0 Å². The van der Waals surface area contributed by atoms with Crippen molar-refractivity contribution in [2.75, 3.05) is 6.16 Å². The van der Waals surface area contributed by atoms with E-state index in [1.165, 1.54) is 57.5 Å². The van der Waals surface area contributed by atoms with E-state index in [0.717, 1.165) is 8.58 Å². The molecule has 15 heavy (non-hydrogen) atoms. The molecule has 0 aromatic rings. The lowest BCUT2D eigenvalue weighted by atomic mass is 10.1. The summed E-state index contributed by atoms with van der Waals surface area (Å²) in [6.45, 7) is 6.81. The predicted molar refractivity (Wildman–Crippen MR) is 75.2 cm³/mol. The van der Waals surface area contributed by atoms with Crippen molar-refractivity contribution in [1.82, 2.24) is 0 Å². The summed E-state index contributed by atoms with van der Waals surface area (Å²) in [6.07, 6.45) is 14.9. The average molecular weight is 228 g/mol. The van der Waals surface area contributed by atoms with Gasteiger partial charge in [-0.05, 0) is 25.4 Å². The van der Waals surface area contributed by atoms with Gasteiger partial charge in [0.25, 0.3) is 0 Å². The molecular weight excluding hydrogens is 199 g/mol. The monoisotopic (exact) mass is 228 g/mol. The van der Waals surface area contributed by atoms with Gasteiger partial charge in [-0.2, -0.15) is 0 Å². The molecule has 0 aliphatic heterocycles. The standard InChI is InChI=1S/C14H29P/c1-4-7-8-9-10-11-13-15-14(6-3)12-5-2/h12,15H,4-11,13H2,1-3H3. The lowest BCUT2D eigenvalue weighted by Crippen LogP contribution is -1.82. The van der Waals surface area contributed by atoms with Crippen LogP contribution in [-0.2, 0) is 0 Å². The van der Waals surface area contributed by atoms with Gasteiger partial charge in [-0.25, -0.2) is 0 Å². The van der Waals surface area contributed by atoms with Crippen molar-refractivity contribution in [3.8, 4) is 0 Å². The summed E-state index contributed by atoms with van der Waals surface area (Å²) >= 11 is 0. The van der Waals surface area contributed by atoms with E-state index in [1.807, 2.05) is 0 Å². The third-order valence-electron chi connectivity index (χ3n) is 2.71. The minimum Gasteiger partial charge on any atom is -0.0952 e. The number of allylic oxidation sites excluding steroid dienone is 2. The van der Waals surface area contributed by atoms with Gasteiger partial charge in [0.15, 0.2) is 0 Å². The minimum absolute atomic E-state index is 1.10. The SMILES string of the molecule is CCC=C(CC)PCCCCCCCC.